The largest absolute Gasteiger partial charge is 0.507 e. The number of carbonyl (C=O) groups is 2. The number of fused-ring (bicyclic) bond motifs is 12. The van der Waals surface area contributed by atoms with Gasteiger partial charge in [-0.3, -0.25) is 9.13 Å². The van der Waals surface area contributed by atoms with Crippen LogP contribution in [0.15, 0.2) is 239 Å². The Morgan fingerprint density at radius 1 is 0.404 bits per heavy atom. The summed E-state index contributed by atoms with van der Waals surface area (Å²) in [4.78, 5) is 36.8. The molecule has 0 saturated carbocycles. The van der Waals surface area contributed by atoms with Crippen molar-refractivity contribution in [2.75, 3.05) is 13.2 Å². The Bertz CT molecular complexity index is 6040. The molecule has 14 rings (SSSR count). The highest BCUT2D eigenvalue weighted by molar-refractivity contribution is 9.10. The van der Waals surface area contributed by atoms with Crippen LogP contribution in [-0.4, -0.2) is 54.5 Å². The number of unbranched alkanes of at least 4 members (excludes halogenated alkanes) is 2. The van der Waals surface area contributed by atoms with Crippen molar-refractivity contribution in [1.29, 1.82) is 0 Å². The zero-order valence-electron chi connectivity index (χ0n) is 59.5. The van der Waals surface area contributed by atoms with Crippen molar-refractivity contribution in [2.24, 2.45) is 11.8 Å². The molecule has 0 bridgehead atoms. The molecule has 0 radical (unpaired) electrons. The van der Waals surface area contributed by atoms with E-state index in [1.54, 1.807) is 38.8 Å². The molecule has 2 aromatic heterocycles. The van der Waals surface area contributed by atoms with Crippen molar-refractivity contribution >= 4 is 234 Å². The van der Waals surface area contributed by atoms with Gasteiger partial charge in [-0.2, -0.15) is 0 Å². The number of hydrogen-bond acceptors (Lipinski definition) is 12. The first-order chi connectivity index (χ1) is 53.3. The van der Waals surface area contributed by atoms with E-state index in [0.717, 1.165) is 159 Å². The zero-order valence-corrected chi connectivity index (χ0v) is 73.3. The monoisotopic (exact) mass is 1810 g/mol. The number of aromatic hydroxyl groups is 2. The number of benzene rings is 12. The average molecular weight is 1810 g/mol. The van der Waals surface area contributed by atoms with Gasteiger partial charge in [0.15, 0.2) is 0 Å². The first kappa shape index (κ1) is 82.9. The van der Waals surface area contributed by atoms with E-state index in [4.69, 9.17) is 19.4 Å². The van der Waals surface area contributed by atoms with Crippen LogP contribution in [0.4, 0.5) is 0 Å². The number of halogens is 2. The SMILES string of the molecule is CCCCC(CC)COC(=O)c1ccc(-c2ccc3c4ccc(-c5ccc(C(=O)OCC(CC)CCCC)cc5)cc4c4c(nc(-c5ccccc5O)n4-c4ccccc4)c3c2)cc1.Oc1ccccc1-c1nc2c3cc(Br)ccc3c3ccc(Br)cc3c2n1-c1ccccc1.S=S=S=S=S=S.S=S=S=S=S=S=S. The van der Waals surface area contributed by atoms with Crippen LogP contribution in [0.3, 0.4) is 0 Å². The number of phenolic OH excluding ortho intramolecular Hbond substituents is 2. The third-order valence-electron chi connectivity index (χ3n) is 18.8. The highest BCUT2D eigenvalue weighted by atomic mass is 79.9. The molecule has 0 aliphatic carbocycles. The summed E-state index contributed by atoms with van der Waals surface area (Å²) in [6, 6.07) is 76.0. The number of rotatable bonds is 20. The van der Waals surface area contributed by atoms with Gasteiger partial charge < -0.3 is 19.7 Å². The van der Waals surface area contributed by atoms with Crippen molar-refractivity contribution in [1.82, 2.24) is 19.1 Å². The Morgan fingerprint density at radius 3 is 1.14 bits per heavy atom. The Balaban J connectivity index is 0.000000215. The first-order valence-corrected chi connectivity index (χ1v) is 51.4. The van der Waals surface area contributed by atoms with Crippen LogP contribution < -0.4 is 0 Å². The molecule has 0 spiro atoms. The minimum absolute atomic E-state index is 0.138. The summed E-state index contributed by atoms with van der Waals surface area (Å²) >= 11 is 25.5. The molecule has 2 heterocycles. The molecular formula is C84H74Br2N4O6S13. The van der Waals surface area contributed by atoms with Crippen molar-refractivity contribution in [3.8, 4) is 67.9 Å². The van der Waals surface area contributed by atoms with Crippen molar-refractivity contribution in [3.63, 3.8) is 0 Å². The van der Waals surface area contributed by atoms with E-state index in [1.165, 1.54) is 53.3 Å². The molecule has 2 unspecified atom stereocenters. The molecule has 0 fully saturated rings. The fraction of sp³-hybridized carbons (Fsp3) is 0.190. The lowest BCUT2D eigenvalue weighted by Gasteiger charge is -2.15. The Labute approximate surface area is 696 Å². The summed E-state index contributed by atoms with van der Waals surface area (Å²) in [6.45, 7) is 9.54. The quantitative estimate of drug-likeness (QED) is 0.0557. The number of carbonyl (C=O) groups excluding carboxylic acids is 2. The maximum absolute atomic E-state index is 13.1. The molecule has 0 saturated heterocycles. The number of imidazole rings is 2. The summed E-state index contributed by atoms with van der Waals surface area (Å²) in [7, 11) is 13.0. The molecule has 558 valence electrons. The van der Waals surface area contributed by atoms with E-state index in [2.05, 4.69) is 211 Å². The van der Waals surface area contributed by atoms with Gasteiger partial charge in [0.05, 0.1) is 57.5 Å². The predicted octanol–water partition coefficient (Wildman–Crippen LogP) is 23.0. The molecule has 10 nitrogen and oxygen atoms in total. The molecule has 0 aliphatic rings. The third-order valence-corrected chi connectivity index (χ3v) is 35.3. The highest BCUT2D eigenvalue weighted by Gasteiger charge is 2.25. The van der Waals surface area contributed by atoms with E-state index in [1.807, 2.05) is 121 Å². The minimum Gasteiger partial charge on any atom is -0.507 e. The molecule has 109 heavy (non-hydrogen) atoms. The Hall–Kier alpha value is -7.02. The number of nitrogens with zero attached hydrogens (tertiary/aromatic N) is 4. The number of phenols is 2. The van der Waals surface area contributed by atoms with Gasteiger partial charge in [-0.25, -0.2) is 19.6 Å². The number of para-hydroxylation sites is 4. The average Bonchev–Trinajstić information content (AvgIpc) is 1.61. The summed E-state index contributed by atoms with van der Waals surface area (Å²) in [5.41, 5.74) is 11.8. The number of ether oxygens (including phenoxy) is 2. The molecule has 0 aliphatic heterocycles. The smallest absolute Gasteiger partial charge is 0.338 e. The summed E-state index contributed by atoms with van der Waals surface area (Å²) < 4.78 is 17.8. The normalized spacial score (nSPS) is 11.4. The number of hydrogen-bond donors (Lipinski definition) is 2. The van der Waals surface area contributed by atoms with Crippen LogP contribution in [0, 0.1) is 11.8 Å². The van der Waals surface area contributed by atoms with Gasteiger partial charge in [0.2, 0.25) is 0 Å². The zero-order chi connectivity index (χ0) is 76.8. The molecule has 2 atom stereocenters. The van der Waals surface area contributed by atoms with Crippen molar-refractivity contribution < 1.29 is 29.3 Å². The molecule has 14 aromatic rings. The van der Waals surface area contributed by atoms with Crippen LogP contribution in [0.1, 0.15) is 99.8 Å². The van der Waals surface area contributed by atoms with Crippen LogP contribution in [-0.2, 0) is 134 Å². The molecule has 25 heteroatoms. The van der Waals surface area contributed by atoms with Gasteiger partial charge in [0.1, 0.15) is 23.1 Å². The van der Waals surface area contributed by atoms with Crippen molar-refractivity contribution in [3.05, 3.63) is 251 Å². The van der Waals surface area contributed by atoms with Crippen LogP contribution in [0.25, 0.3) is 122 Å². The lowest BCUT2D eigenvalue weighted by Crippen LogP contribution is -2.14. The lowest BCUT2D eigenvalue weighted by molar-refractivity contribution is 0.0419. The highest BCUT2D eigenvalue weighted by Crippen LogP contribution is 2.45. The molecule has 0 amide bonds. The summed E-state index contributed by atoms with van der Waals surface area (Å²) in [5.74, 6) is 1.82. The van der Waals surface area contributed by atoms with Gasteiger partial charge in [-0.15, -0.1) is 0 Å². The van der Waals surface area contributed by atoms with Gasteiger partial charge in [0, 0.05) is 167 Å². The van der Waals surface area contributed by atoms with Crippen LogP contribution >= 0.6 is 31.9 Å². The predicted molar refractivity (Wildman–Crippen MR) is 496 cm³/mol. The lowest BCUT2D eigenvalue weighted by atomic mass is 9.93. The summed E-state index contributed by atoms with van der Waals surface area (Å²) in [5, 5.41) is 30.5. The Kier molecular flexibility index (Phi) is 31.6. The van der Waals surface area contributed by atoms with Gasteiger partial charge in [-0.1, -0.05) is 219 Å². The fourth-order valence-electron chi connectivity index (χ4n) is 13.3. The molecular weight excluding hydrogens is 1740 g/mol. The summed E-state index contributed by atoms with van der Waals surface area (Å²) in [6.07, 6.45) is 8.63. The molecule has 2 N–H and O–H groups in total. The van der Waals surface area contributed by atoms with E-state index >= 15 is 0 Å². The van der Waals surface area contributed by atoms with Gasteiger partial charge >= 0.3 is 11.9 Å². The number of aromatic nitrogens is 4. The fourth-order valence-corrected chi connectivity index (χ4v) is 27.7. The van der Waals surface area contributed by atoms with Gasteiger partial charge in [0.25, 0.3) is 0 Å². The van der Waals surface area contributed by atoms with E-state index in [0.29, 0.717) is 59.0 Å². The van der Waals surface area contributed by atoms with Gasteiger partial charge in [-0.05, 0) is 178 Å². The van der Waals surface area contributed by atoms with Crippen molar-refractivity contribution in [2.45, 2.75) is 79.1 Å². The first-order valence-electron chi connectivity index (χ1n) is 35.1. The second-order valence-corrected chi connectivity index (χ2v) is 43.1. The topological polar surface area (TPSA) is 129 Å². The number of esters is 2. The maximum Gasteiger partial charge on any atom is 0.338 e. The van der Waals surface area contributed by atoms with E-state index < -0.39 is 0 Å². The van der Waals surface area contributed by atoms with E-state index in [9.17, 15) is 19.8 Å². The Morgan fingerprint density at radius 2 is 0.743 bits per heavy atom. The second-order valence-electron chi connectivity index (χ2n) is 25.3. The molecule has 12 aromatic carbocycles. The maximum atomic E-state index is 13.1. The standard InChI is InChI=1S/C57H58N2O5.C27H16Br2N2O.S7.S6/c1-5-9-16-38(7-3)36-63-56(61)42-26-22-40(23-27-42)44-30-32-47-48-33-31-45(41-24-28-43(29-25-41)57(62)64-37-39(8-4)17-10-6-2)35-51(48)54-53(50(47)34-44)58-55(49-20-14-15-21-52(49)60)59(54)46-18-12-11-13-19-46;28-16-10-12-19-20-13-11-17(29)15-23(20)26-25(22(19)14-16)30-27(21-8-4-5-9-24(21)32)31(26)18-6-2-1-3-7-18;1-3-5-7-6-4-2;1-3-5-6-4-2/h11-15,18-35,38-39,60H,5-10,16-17,36-37H2,1-4H3;1-15,32H;;. The minimum atomic E-state index is -0.299. The van der Waals surface area contributed by atoms with Crippen LogP contribution in [0.5, 0.6) is 11.5 Å². The second kappa shape index (κ2) is 41.5. The third kappa shape index (κ3) is 20.4. The van der Waals surface area contributed by atoms with E-state index in [-0.39, 0.29) is 23.4 Å². The van der Waals surface area contributed by atoms with Crippen LogP contribution in [0.2, 0.25) is 0 Å².